The van der Waals surface area contributed by atoms with Crippen molar-refractivity contribution in [3.8, 4) is 0 Å². The average Bonchev–Trinajstić information content (AvgIpc) is 2.89. The molecule has 1 atom stereocenters. The highest BCUT2D eigenvalue weighted by Gasteiger charge is 2.32. The van der Waals surface area contributed by atoms with Crippen LogP contribution in [0.5, 0.6) is 0 Å². The number of sulfonamides is 1. The Kier molecular flexibility index (Phi) is 9.94. The third kappa shape index (κ3) is 7.58. The molecule has 38 heavy (non-hydrogen) atoms. The lowest BCUT2D eigenvalue weighted by molar-refractivity contribution is -0.139. The molecule has 0 unspecified atom stereocenters. The number of carbonyl (C=O) groups excluding carboxylic acids is 2. The van der Waals surface area contributed by atoms with Gasteiger partial charge in [0.15, 0.2) is 0 Å². The van der Waals surface area contributed by atoms with Gasteiger partial charge in [0.05, 0.1) is 10.6 Å². The molecule has 0 radical (unpaired) electrons. The maximum Gasteiger partial charge on any atom is 0.264 e. The van der Waals surface area contributed by atoms with Gasteiger partial charge in [0.25, 0.3) is 10.0 Å². The quantitative estimate of drug-likeness (QED) is 0.359. The van der Waals surface area contributed by atoms with Crippen LogP contribution in [-0.4, -0.2) is 44.3 Å². The Labute approximate surface area is 230 Å². The highest BCUT2D eigenvalue weighted by molar-refractivity contribution is 7.92. The number of carbonyl (C=O) groups is 2. The van der Waals surface area contributed by atoms with Gasteiger partial charge in [-0.25, -0.2) is 8.42 Å². The van der Waals surface area contributed by atoms with Crippen molar-refractivity contribution >= 4 is 39.1 Å². The number of anilines is 1. The molecular weight excluding hydrogens is 522 g/mol. The van der Waals surface area contributed by atoms with Crippen LogP contribution in [0.3, 0.4) is 0 Å². The normalized spacial score (nSPS) is 12.2. The first kappa shape index (κ1) is 29.2. The predicted molar refractivity (Wildman–Crippen MR) is 151 cm³/mol. The van der Waals surface area contributed by atoms with Crippen molar-refractivity contribution in [3.05, 3.63) is 95.0 Å². The zero-order valence-electron chi connectivity index (χ0n) is 22.1. The van der Waals surface area contributed by atoms with Gasteiger partial charge in [-0.05, 0) is 61.7 Å². The van der Waals surface area contributed by atoms with Crippen LogP contribution in [0.15, 0.2) is 83.8 Å². The molecule has 0 heterocycles. The Morgan fingerprint density at radius 2 is 1.58 bits per heavy atom. The second-order valence-electron chi connectivity index (χ2n) is 9.63. The number of benzene rings is 3. The number of rotatable bonds is 11. The number of nitrogens with one attached hydrogen (secondary N) is 1. The maximum absolute atomic E-state index is 13.9. The summed E-state index contributed by atoms with van der Waals surface area (Å²) in [6.45, 7) is 7.72. The highest BCUT2D eigenvalue weighted by Crippen LogP contribution is 2.25. The van der Waals surface area contributed by atoms with Crippen LogP contribution in [0.25, 0.3) is 0 Å². The van der Waals surface area contributed by atoms with Crippen molar-refractivity contribution in [3.63, 3.8) is 0 Å². The number of nitrogens with zero attached hydrogens (tertiary/aromatic N) is 2. The van der Waals surface area contributed by atoms with E-state index in [2.05, 4.69) is 5.32 Å². The molecule has 9 heteroatoms. The summed E-state index contributed by atoms with van der Waals surface area (Å²) in [5.74, 6) is -0.559. The number of hydrogen-bond donors (Lipinski definition) is 1. The summed E-state index contributed by atoms with van der Waals surface area (Å²) >= 11 is 5.97. The Morgan fingerprint density at radius 1 is 0.921 bits per heavy atom. The number of amides is 2. The molecule has 202 valence electrons. The van der Waals surface area contributed by atoms with Crippen LogP contribution in [0, 0.1) is 12.8 Å². The van der Waals surface area contributed by atoms with E-state index in [0.29, 0.717) is 17.3 Å². The van der Waals surface area contributed by atoms with Gasteiger partial charge >= 0.3 is 0 Å². The summed E-state index contributed by atoms with van der Waals surface area (Å²) in [4.78, 5) is 28.3. The molecule has 0 bridgehead atoms. The van der Waals surface area contributed by atoms with E-state index in [9.17, 15) is 18.0 Å². The first-order chi connectivity index (χ1) is 18.0. The van der Waals surface area contributed by atoms with E-state index < -0.39 is 28.5 Å². The first-order valence-electron chi connectivity index (χ1n) is 12.4. The van der Waals surface area contributed by atoms with Crippen molar-refractivity contribution in [2.45, 2.75) is 45.2 Å². The molecule has 0 saturated carbocycles. The monoisotopic (exact) mass is 555 g/mol. The summed E-state index contributed by atoms with van der Waals surface area (Å²) < 4.78 is 28.5. The minimum atomic E-state index is -4.12. The van der Waals surface area contributed by atoms with Gasteiger partial charge in [-0.15, -0.1) is 0 Å². The summed E-state index contributed by atoms with van der Waals surface area (Å²) in [5, 5.41) is 3.28. The van der Waals surface area contributed by atoms with Gasteiger partial charge in [-0.3, -0.25) is 13.9 Å². The fraction of sp³-hybridized carbons (Fsp3) is 0.310. The lowest BCUT2D eigenvalue weighted by atomic mass is 10.1. The third-order valence-corrected chi connectivity index (χ3v) is 8.05. The van der Waals surface area contributed by atoms with Gasteiger partial charge in [-0.1, -0.05) is 73.5 Å². The van der Waals surface area contributed by atoms with Gasteiger partial charge in [0.1, 0.15) is 12.6 Å². The summed E-state index contributed by atoms with van der Waals surface area (Å²) in [5.41, 5.74) is 2.19. The molecule has 3 rings (SSSR count). The predicted octanol–water partition coefficient (Wildman–Crippen LogP) is 5.03. The number of aryl methyl sites for hydroxylation is 1. The van der Waals surface area contributed by atoms with Crippen molar-refractivity contribution in [1.82, 2.24) is 10.2 Å². The zero-order valence-corrected chi connectivity index (χ0v) is 23.7. The minimum Gasteiger partial charge on any atom is -0.354 e. The molecule has 0 fully saturated rings. The van der Waals surface area contributed by atoms with E-state index in [0.717, 1.165) is 15.4 Å². The van der Waals surface area contributed by atoms with Crippen LogP contribution >= 0.6 is 11.6 Å². The van der Waals surface area contributed by atoms with Crippen LogP contribution in [-0.2, 0) is 26.2 Å². The van der Waals surface area contributed by atoms with Crippen LogP contribution in [0.2, 0.25) is 5.02 Å². The van der Waals surface area contributed by atoms with Crippen LogP contribution < -0.4 is 9.62 Å². The Hall–Kier alpha value is -3.36. The molecular formula is C29H34ClN3O4S. The lowest BCUT2D eigenvalue weighted by Gasteiger charge is -2.32. The highest BCUT2D eigenvalue weighted by atomic mass is 35.5. The molecule has 0 aliphatic carbocycles. The van der Waals surface area contributed by atoms with Crippen molar-refractivity contribution in [2.75, 3.05) is 17.4 Å². The van der Waals surface area contributed by atoms with Crippen molar-refractivity contribution in [1.29, 1.82) is 0 Å². The Bertz CT molecular complexity index is 1350. The van der Waals surface area contributed by atoms with E-state index in [-0.39, 0.29) is 23.3 Å². The van der Waals surface area contributed by atoms with E-state index >= 15 is 0 Å². The average molecular weight is 556 g/mol. The molecule has 0 saturated heterocycles. The Morgan fingerprint density at radius 3 is 2.18 bits per heavy atom. The topological polar surface area (TPSA) is 86.8 Å². The molecule has 0 spiro atoms. The SMILES string of the molecule is Cc1cccc(CN(C(=O)CN(c2ccccc2)S(=O)(=O)c2ccc(Cl)cc2)[C@@H](C)C(=O)NCC(C)C)c1. The summed E-state index contributed by atoms with van der Waals surface area (Å²) in [6, 6.07) is 21.1. The van der Waals surface area contributed by atoms with E-state index in [4.69, 9.17) is 11.6 Å². The van der Waals surface area contributed by atoms with Gasteiger partial charge in [-0.2, -0.15) is 0 Å². The molecule has 0 aromatic heterocycles. The number of halogens is 1. The van der Waals surface area contributed by atoms with Gasteiger partial charge < -0.3 is 10.2 Å². The Balaban J connectivity index is 1.98. The number of hydrogen-bond acceptors (Lipinski definition) is 4. The minimum absolute atomic E-state index is 0.00603. The van der Waals surface area contributed by atoms with E-state index in [1.54, 1.807) is 37.3 Å². The lowest BCUT2D eigenvalue weighted by Crippen LogP contribution is -2.51. The first-order valence-corrected chi connectivity index (χ1v) is 14.3. The van der Waals surface area contributed by atoms with Gasteiger partial charge in [0, 0.05) is 18.1 Å². The van der Waals surface area contributed by atoms with E-state index in [1.165, 1.54) is 29.2 Å². The molecule has 3 aromatic rings. The zero-order chi connectivity index (χ0) is 27.9. The molecule has 1 N–H and O–H groups in total. The number of para-hydroxylation sites is 1. The second kappa shape index (κ2) is 12.9. The fourth-order valence-corrected chi connectivity index (χ4v) is 5.44. The fourth-order valence-electron chi connectivity index (χ4n) is 3.90. The second-order valence-corrected chi connectivity index (χ2v) is 11.9. The molecule has 0 aliphatic heterocycles. The molecule has 7 nitrogen and oxygen atoms in total. The molecule has 2 amide bonds. The molecule has 3 aromatic carbocycles. The van der Waals surface area contributed by atoms with Crippen LogP contribution in [0.4, 0.5) is 5.69 Å². The smallest absolute Gasteiger partial charge is 0.264 e. The summed E-state index contributed by atoms with van der Waals surface area (Å²) in [6.07, 6.45) is 0. The third-order valence-electron chi connectivity index (χ3n) is 6.01. The van der Waals surface area contributed by atoms with Gasteiger partial charge in [0.2, 0.25) is 11.8 Å². The largest absolute Gasteiger partial charge is 0.354 e. The van der Waals surface area contributed by atoms with Crippen LogP contribution in [0.1, 0.15) is 31.9 Å². The molecule has 0 aliphatic rings. The standard InChI is InChI=1S/C29H34ClN3O4S/c1-21(2)18-31-29(35)23(4)32(19-24-10-8-9-22(3)17-24)28(34)20-33(26-11-6-5-7-12-26)38(36,37)27-15-13-25(30)14-16-27/h5-17,21,23H,18-20H2,1-4H3,(H,31,35)/t23-/m0/s1. The maximum atomic E-state index is 13.9. The van der Waals surface area contributed by atoms with Crippen molar-refractivity contribution < 1.29 is 18.0 Å². The van der Waals surface area contributed by atoms with Crippen molar-refractivity contribution in [2.24, 2.45) is 5.92 Å². The van der Waals surface area contributed by atoms with E-state index in [1.807, 2.05) is 45.0 Å². The summed E-state index contributed by atoms with van der Waals surface area (Å²) in [7, 11) is -4.12.